The Morgan fingerprint density at radius 3 is 2.57 bits per heavy atom. The molecule has 0 fully saturated rings. The molecule has 0 unspecified atom stereocenters. The van der Waals surface area contributed by atoms with Crippen LogP contribution in [0.1, 0.15) is 38.4 Å². The smallest absolute Gasteiger partial charge is 0.339 e. The maximum Gasteiger partial charge on any atom is 0.353 e. The van der Waals surface area contributed by atoms with Crippen LogP contribution in [0.5, 0.6) is 0 Å². The Morgan fingerprint density at radius 1 is 1.50 bits per heavy atom. The van der Waals surface area contributed by atoms with E-state index in [0.29, 0.717) is 12.8 Å². The molecule has 1 rings (SSSR count). The summed E-state index contributed by atoms with van der Waals surface area (Å²) in [5, 5.41) is 3.50. The summed E-state index contributed by atoms with van der Waals surface area (Å²) in [5.41, 5.74) is 0. The van der Waals surface area contributed by atoms with Crippen LogP contribution in [0.25, 0.3) is 0 Å². The van der Waals surface area contributed by atoms with Crippen molar-refractivity contribution >= 4 is 0 Å². The van der Waals surface area contributed by atoms with Crippen molar-refractivity contribution in [3.63, 3.8) is 0 Å². The highest BCUT2D eigenvalue weighted by molar-refractivity contribution is 4.89. The van der Waals surface area contributed by atoms with Gasteiger partial charge in [0.05, 0.1) is 0 Å². The van der Waals surface area contributed by atoms with Crippen LogP contribution in [0.2, 0.25) is 0 Å². The van der Waals surface area contributed by atoms with Gasteiger partial charge < -0.3 is 9.26 Å². The first-order valence-corrected chi connectivity index (χ1v) is 4.23. The largest absolute Gasteiger partial charge is 0.353 e. The predicted molar refractivity (Wildman–Crippen MR) is 43.8 cm³/mol. The number of hydrogen-bond donors (Lipinski definition) is 0. The van der Waals surface area contributed by atoms with Gasteiger partial charge in [0.2, 0.25) is 5.89 Å². The summed E-state index contributed by atoms with van der Waals surface area (Å²) in [6.45, 7) is 4.05. The zero-order valence-electron chi connectivity index (χ0n) is 8.25. The molecule has 0 aliphatic heterocycles. The third-order valence-electron chi connectivity index (χ3n) is 1.43. The molecule has 0 saturated heterocycles. The summed E-state index contributed by atoms with van der Waals surface area (Å²) in [5.74, 6) is 0.636. The zero-order valence-corrected chi connectivity index (χ0v) is 8.25. The van der Waals surface area contributed by atoms with E-state index in [0.717, 1.165) is 0 Å². The molecule has 0 aliphatic rings. The zero-order chi connectivity index (χ0) is 10.8. The second-order valence-corrected chi connectivity index (χ2v) is 3.30. The molecule has 0 spiro atoms. The fourth-order valence-corrected chi connectivity index (χ4v) is 0.752. The van der Waals surface area contributed by atoms with Gasteiger partial charge in [0.25, 0.3) is 0 Å². The minimum atomic E-state index is -3.17. The molecule has 0 radical (unpaired) electrons. The maximum atomic E-state index is 12.3. The molecule has 1 aromatic rings. The SMILES string of the molecule is CC(C)c1nc(COC(C)(F)F)no1. The van der Waals surface area contributed by atoms with Gasteiger partial charge in [-0.1, -0.05) is 19.0 Å². The number of nitrogens with zero attached hydrogens (tertiary/aromatic N) is 2. The van der Waals surface area contributed by atoms with Crippen LogP contribution < -0.4 is 0 Å². The van der Waals surface area contributed by atoms with Crippen LogP contribution >= 0.6 is 0 Å². The fraction of sp³-hybridized carbons (Fsp3) is 0.750. The Morgan fingerprint density at radius 2 is 2.14 bits per heavy atom. The minimum absolute atomic E-state index is 0.0818. The highest BCUT2D eigenvalue weighted by Gasteiger charge is 2.23. The van der Waals surface area contributed by atoms with Crippen LogP contribution in [-0.4, -0.2) is 16.2 Å². The average molecular weight is 206 g/mol. The van der Waals surface area contributed by atoms with E-state index >= 15 is 0 Å². The molecule has 14 heavy (non-hydrogen) atoms. The number of ether oxygens (including phenoxy) is 1. The van der Waals surface area contributed by atoms with E-state index in [1.54, 1.807) is 0 Å². The van der Waals surface area contributed by atoms with Gasteiger partial charge in [0.1, 0.15) is 6.61 Å². The van der Waals surface area contributed by atoms with Gasteiger partial charge in [-0.3, -0.25) is 0 Å². The van der Waals surface area contributed by atoms with Crippen LogP contribution in [-0.2, 0) is 11.3 Å². The van der Waals surface area contributed by atoms with Gasteiger partial charge in [-0.2, -0.15) is 13.8 Å². The number of alkyl halides is 2. The monoisotopic (exact) mass is 206 g/mol. The van der Waals surface area contributed by atoms with Crippen molar-refractivity contribution in [2.24, 2.45) is 0 Å². The molecule has 0 aliphatic carbocycles. The van der Waals surface area contributed by atoms with Crippen molar-refractivity contribution < 1.29 is 18.0 Å². The van der Waals surface area contributed by atoms with E-state index in [9.17, 15) is 8.78 Å². The number of rotatable bonds is 4. The van der Waals surface area contributed by atoms with Crippen LogP contribution in [0.3, 0.4) is 0 Å². The van der Waals surface area contributed by atoms with Crippen molar-refractivity contribution in [2.45, 2.75) is 39.4 Å². The highest BCUT2D eigenvalue weighted by Crippen LogP contribution is 2.16. The van der Waals surface area contributed by atoms with E-state index in [1.807, 2.05) is 13.8 Å². The molecule has 0 saturated carbocycles. The number of hydrogen-bond acceptors (Lipinski definition) is 4. The van der Waals surface area contributed by atoms with Crippen LogP contribution in [0.15, 0.2) is 4.52 Å². The number of halogens is 2. The van der Waals surface area contributed by atoms with Crippen molar-refractivity contribution in [1.82, 2.24) is 10.1 Å². The van der Waals surface area contributed by atoms with E-state index < -0.39 is 6.11 Å². The Balaban J connectivity index is 2.52. The van der Waals surface area contributed by atoms with Crippen molar-refractivity contribution in [1.29, 1.82) is 0 Å². The highest BCUT2D eigenvalue weighted by atomic mass is 19.3. The molecule has 6 heteroatoms. The second-order valence-electron chi connectivity index (χ2n) is 3.30. The van der Waals surface area contributed by atoms with Gasteiger partial charge in [-0.05, 0) is 0 Å². The van der Waals surface area contributed by atoms with Gasteiger partial charge in [0.15, 0.2) is 5.82 Å². The minimum Gasteiger partial charge on any atom is -0.339 e. The summed E-state index contributed by atoms with van der Waals surface area (Å²) >= 11 is 0. The molecule has 0 bridgehead atoms. The van der Waals surface area contributed by atoms with E-state index in [1.165, 1.54) is 0 Å². The summed E-state index contributed by atoms with van der Waals surface area (Å²) in [4.78, 5) is 3.88. The predicted octanol–water partition coefficient (Wildman–Crippen LogP) is 2.32. The van der Waals surface area contributed by atoms with Gasteiger partial charge in [-0.15, -0.1) is 0 Å². The van der Waals surface area contributed by atoms with Crippen LogP contribution in [0, 0.1) is 0 Å². The summed E-state index contributed by atoms with van der Waals surface area (Å²) < 4.78 is 33.5. The quantitative estimate of drug-likeness (QED) is 0.758. The molecule has 1 aromatic heterocycles. The Kier molecular flexibility index (Phi) is 3.15. The molecule has 4 nitrogen and oxygen atoms in total. The van der Waals surface area contributed by atoms with Gasteiger partial charge >= 0.3 is 6.11 Å². The molecule has 1 heterocycles. The molecule has 0 atom stereocenters. The van der Waals surface area contributed by atoms with Crippen LogP contribution in [0.4, 0.5) is 8.78 Å². The second kappa shape index (κ2) is 4.00. The first-order chi connectivity index (χ1) is 6.38. The molecular formula is C8H12F2N2O2. The lowest BCUT2D eigenvalue weighted by Crippen LogP contribution is -2.15. The van der Waals surface area contributed by atoms with E-state index in [2.05, 4.69) is 14.9 Å². The Hall–Kier alpha value is -1.04. The summed E-state index contributed by atoms with van der Waals surface area (Å²) in [6, 6.07) is 0. The van der Waals surface area contributed by atoms with E-state index in [4.69, 9.17) is 4.52 Å². The van der Waals surface area contributed by atoms with Gasteiger partial charge in [0, 0.05) is 12.8 Å². The Labute approximate surface area is 80.3 Å². The molecular weight excluding hydrogens is 194 g/mol. The third kappa shape index (κ3) is 3.37. The third-order valence-corrected chi connectivity index (χ3v) is 1.43. The topological polar surface area (TPSA) is 48.2 Å². The first kappa shape index (κ1) is 11.0. The average Bonchev–Trinajstić information content (AvgIpc) is 2.47. The first-order valence-electron chi connectivity index (χ1n) is 4.23. The van der Waals surface area contributed by atoms with E-state index in [-0.39, 0.29) is 18.3 Å². The molecule has 0 N–H and O–H groups in total. The normalized spacial score (nSPS) is 12.4. The molecule has 0 aromatic carbocycles. The van der Waals surface area contributed by atoms with Crippen molar-refractivity contribution in [3.8, 4) is 0 Å². The number of aromatic nitrogens is 2. The lowest BCUT2D eigenvalue weighted by molar-refractivity contribution is -0.232. The fourth-order valence-electron chi connectivity index (χ4n) is 0.752. The van der Waals surface area contributed by atoms with Crippen molar-refractivity contribution in [2.75, 3.05) is 0 Å². The molecule has 0 amide bonds. The molecule has 80 valence electrons. The summed E-state index contributed by atoms with van der Waals surface area (Å²) in [6.07, 6.45) is -3.17. The lowest BCUT2D eigenvalue weighted by atomic mass is 10.2. The lowest BCUT2D eigenvalue weighted by Gasteiger charge is -2.08. The Bertz CT molecular complexity index is 294. The summed E-state index contributed by atoms with van der Waals surface area (Å²) in [7, 11) is 0. The standard InChI is InChI=1S/C8H12F2N2O2/c1-5(2)7-11-6(12-14-7)4-13-8(3,9)10/h5H,4H2,1-3H3. The van der Waals surface area contributed by atoms with Gasteiger partial charge in [-0.25, -0.2) is 0 Å². The maximum absolute atomic E-state index is 12.3. The van der Waals surface area contributed by atoms with Crippen molar-refractivity contribution in [3.05, 3.63) is 11.7 Å².